The summed E-state index contributed by atoms with van der Waals surface area (Å²) in [5, 5.41) is 5.89. The third-order valence-electron chi connectivity index (χ3n) is 2.23. The normalized spacial score (nSPS) is 11.3. The van der Waals surface area contributed by atoms with Crippen LogP contribution in [0.15, 0.2) is 24.3 Å². The Morgan fingerprint density at radius 1 is 1.33 bits per heavy atom. The van der Waals surface area contributed by atoms with Gasteiger partial charge in [0.15, 0.2) is 0 Å². The summed E-state index contributed by atoms with van der Waals surface area (Å²) in [5.41, 5.74) is 1.63. The monoisotopic (exact) mass is 250 g/mol. The minimum atomic E-state index is -0.300. The third kappa shape index (κ3) is 5.80. The maximum absolute atomic E-state index is 11.7. The molecule has 1 amide bonds. The highest BCUT2D eigenvalue weighted by molar-refractivity contribution is 5.91. The van der Waals surface area contributed by atoms with E-state index >= 15 is 0 Å². The molecule has 0 unspecified atom stereocenters. The molecule has 0 bridgehead atoms. The van der Waals surface area contributed by atoms with Crippen molar-refractivity contribution >= 4 is 11.6 Å². The number of hydrogen-bond acceptors (Lipinski definition) is 3. The first-order valence-corrected chi connectivity index (χ1v) is 6.08. The van der Waals surface area contributed by atoms with Crippen molar-refractivity contribution in [1.29, 1.82) is 0 Å². The topological polar surface area (TPSA) is 50.4 Å². The summed E-state index contributed by atoms with van der Waals surface area (Å²) >= 11 is 0. The Bertz CT molecular complexity index is 397. The molecule has 0 radical (unpaired) electrons. The van der Waals surface area contributed by atoms with Crippen molar-refractivity contribution in [2.45, 2.75) is 32.9 Å². The average Bonchev–Trinajstić information content (AvgIpc) is 2.26. The van der Waals surface area contributed by atoms with Gasteiger partial charge in [-0.3, -0.25) is 4.79 Å². The van der Waals surface area contributed by atoms with Gasteiger partial charge in [-0.05, 0) is 45.5 Å². The number of rotatable bonds is 5. The first-order chi connectivity index (χ1) is 8.40. The van der Waals surface area contributed by atoms with Crippen LogP contribution < -0.4 is 10.6 Å². The Hall–Kier alpha value is -1.39. The van der Waals surface area contributed by atoms with Crippen LogP contribution in [0, 0.1) is 0 Å². The molecule has 0 atom stereocenters. The summed E-state index contributed by atoms with van der Waals surface area (Å²) in [6, 6.07) is 7.75. The van der Waals surface area contributed by atoms with Gasteiger partial charge in [0, 0.05) is 12.2 Å². The lowest BCUT2D eigenvalue weighted by Gasteiger charge is -2.19. The summed E-state index contributed by atoms with van der Waals surface area (Å²) in [4.78, 5) is 11.7. The molecule has 1 rings (SSSR count). The van der Waals surface area contributed by atoms with E-state index in [1.807, 2.05) is 52.1 Å². The molecule has 0 fully saturated rings. The molecule has 1 aromatic carbocycles. The van der Waals surface area contributed by atoms with Crippen LogP contribution in [-0.4, -0.2) is 25.2 Å². The molecular formula is C14H22N2O2. The average molecular weight is 250 g/mol. The molecule has 0 spiro atoms. The van der Waals surface area contributed by atoms with E-state index in [9.17, 15) is 4.79 Å². The van der Waals surface area contributed by atoms with Crippen LogP contribution in [0.5, 0.6) is 0 Å². The highest BCUT2D eigenvalue weighted by Crippen LogP contribution is 2.11. The van der Waals surface area contributed by atoms with Crippen molar-refractivity contribution in [2.24, 2.45) is 0 Å². The molecule has 0 aliphatic carbocycles. The molecule has 2 N–H and O–H groups in total. The lowest BCUT2D eigenvalue weighted by molar-refractivity contribution is -0.125. The van der Waals surface area contributed by atoms with Gasteiger partial charge < -0.3 is 15.4 Å². The quantitative estimate of drug-likeness (QED) is 0.842. The number of hydrogen-bond donors (Lipinski definition) is 2. The van der Waals surface area contributed by atoms with Crippen molar-refractivity contribution in [3.63, 3.8) is 0 Å². The van der Waals surface area contributed by atoms with Gasteiger partial charge in [-0.25, -0.2) is 0 Å². The molecule has 100 valence electrons. The van der Waals surface area contributed by atoms with E-state index in [0.717, 1.165) is 17.8 Å². The largest absolute Gasteiger partial charge is 0.366 e. The molecule has 0 saturated heterocycles. The lowest BCUT2D eigenvalue weighted by Crippen LogP contribution is -2.27. The lowest BCUT2D eigenvalue weighted by atomic mass is 10.2. The third-order valence-corrected chi connectivity index (χ3v) is 2.23. The fourth-order valence-electron chi connectivity index (χ4n) is 1.44. The zero-order valence-corrected chi connectivity index (χ0v) is 11.5. The van der Waals surface area contributed by atoms with E-state index in [2.05, 4.69) is 10.6 Å². The Kier molecular flexibility index (Phi) is 5.31. The number of anilines is 1. The SMILES string of the molecule is CNCc1cccc(NC(=O)COC(C)(C)C)c1. The number of benzene rings is 1. The predicted molar refractivity (Wildman–Crippen MR) is 73.5 cm³/mol. The van der Waals surface area contributed by atoms with Crippen LogP contribution in [0.2, 0.25) is 0 Å². The fourth-order valence-corrected chi connectivity index (χ4v) is 1.44. The van der Waals surface area contributed by atoms with Gasteiger partial charge in [-0.2, -0.15) is 0 Å². The summed E-state index contributed by atoms with van der Waals surface area (Å²) in [5.74, 6) is -0.133. The second kappa shape index (κ2) is 6.52. The number of carbonyl (C=O) groups excluding carboxylic acids is 1. The second-order valence-electron chi connectivity index (χ2n) is 5.18. The van der Waals surface area contributed by atoms with E-state index in [-0.39, 0.29) is 18.1 Å². The van der Waals surface area contributed by atoms with Crippen LogP contribution in [-0.2, 0) is 16.1 Å². The number of nitrogens with one attached hydrogen (secondary N) is 2. The van der Waals surface area contributed by atoms with Crippen molar-refractivity contribution in [1.82, 2.24) is 5.32 Å². The molecule has 0 aromatic heterocycles. The van der Waals surface area contributed by atoms with Gasteiger partial charge in [0.05, 0.1) is 5.60 Å². The van der Waals surface area contributed by atoms with Gasteiger partial charge in [0.2, 0.25) is 5.91 Å². The maximum atomic E-state index is 11.7. The molecule has 0 heterocycles. The van der Waals surface area contributed by atoms with E-state index in [1.165, 1.54) is 0 Å². The van der Waals surface area contributed by atoms with Gasteiger partial charge >= 0.3 is 0 Å². The van der Waals surface area contributed by atoms with Crippen molar-refractivity contribution < 1.29 is 9.53 Å². The molecule has 0 aliphatic rings. The molecular weight excluding hydrogens is 228 g/mol. The first kappa shape index (κ1) is 14.7. The molecule has 18 heavy (non-hydrogen) atoms. The van der Waals surface area contributed by atoms with Crippen LogP contribution in [0.4, 0.5) is 5.69 Å². The van der Waals surface area contributed by atoms with Crippen LogP contribution in [0.1, 0.15) is 26.3 Å². The highest BCUT2D eigenvalue weighted by Gasteiger charge is 2.12. The van der Waals surface area contributed by atoms with Crippen LogP contribution >= 0.6 is 0 Å². The standard InChI is InChI=1S/C14H22N2O2/c1-14(2,3)18-10-13(17)16-12-7-5-6-11(8-12)9-15-4/h5-8,15H,9-10H2,1-4H3,(H,16,17). The first-order valence-electron chi connectivity index (χ1n) is 6.08. The summed E-state index contributed by atoms with van der Waals surface area (Å²) in [7, 11) is 1.89. The highest BCUT2D eigenvalue weighted by atomic mass is 16.5. The molecule has 1 aromatic rings. The van der Waals surface area contributed by atoms with Crippen molar-refractivity contribution in [2.75, 3.05) is 19.0 Å². The smallest absolute Gasteiger partial charge is 0.250 e. The summed E-state index contributed by atoms with van der Waals surface area (Å²) < 4.78 is 5.42. The summed E-state index contributed by atoms with van der Waals surface area (Å²) in [6.45, 7) is 6.62. The molecule has 4 nitrogen and oxygen atoms in total. The van der Waals surface area contributed by atoms with Gasteiger partial charge in [-0.1, -0.05) is 12.1 Å². The molecule has 0 aliphatic heterocycles. The van der Waals surface area contributed by atoms with Crippen LogP contribution in [0.25, 0.3) is 0 Å². The zero-order valence-electron chi connectivity index (χ0n) is 11.5. The van der Waals surface area contributed by atoms with E-state index < -0.39 is 0 Å². The number of ether oxygens (including phenoxy) is 1. The van der Waals surface area contributed by atoms with Gasteiger partial charge in [-0.15, -0.1) is 0 Å². The Morgan fingerprint density at radius 3 is 2.67 bits per heavy atom. The maximum Gasteiger partial charge on any atom is 0.250 e. The predicted octanol–water partition coefficient (Wildman–Crippen LogP) is 2.16. The minimum absolute atomic E-state index is 0.0692. The number of amides is 1. The second-order valence-corrected chi connectivity index (χ2v) is 5.18. The summed E-state index contributed by atoms with van der Waals surface area (Å²) in [6.07, 6.45) is 0. The van der Waals surface area contributed by atoms with Gasteiger partial charge in [0.1, 0.15) is 6.61 Å². The van der Waals surface area contributed by atoms with E-state index in [1.54, 1.807) is 0 Å². The Morgan fingerprint density at radius 2 is 2.06 bits per heavy atom. The molecule has 4 heteroatoms. The Balaban J connectivity index is 2.51. The number of carbonyl (C=O) groups is 1. The van der Waals surface area contributed by atoms with Crippen LogP contribution in [0.3, 0.4) is 0 Å². The van der Waals surface area contributed by atoms with Crippen molar-refractivity contribution in [3.05, 3.63) is 29.8 Å². The Labute approximate surface area is 109 Å². The van der Waals surface area contributed by atoms with Gasteiger partial charge in [0.25, 0.3) is 0 Å². The fraction of sp³-hybridized carbons (Fsp3) is 0.500. The minimum Gasteiger partial charge on any atom is -0.366 e. The van der Waals surface area contributed by atoms with Crippen molar-refractivity contribution in [3.8, 4) is 0 Å². The zero-order chi connectivity index (χ0) is 13.6. The van der Waals surface area contributed by atoms with E-state index in [0.29, 0.717) is 0 Å². The van der Waals surface area contributed by atoms with E-state index in [4.69, 9.17) is 4.74 Å². The molecule has 0 saturated carbocycles.